The molecule has 7 heteroatoms. The van der Waals surface area contributed by atoms with Crippen LogP contribution in [0.5, 0.6) is 0 Å². The quantitative estimate of drug-likeness (QED) is 0.593. The molecule has 1 aliphatic heterocycles. The number of thioether (sulfide) groups is 1. The summed E-state index contributed by atoms with van der Waals surface area (Å²) in [5.74, 6) is 0. The van der Waals surface area contributed by atoms with Gasteiger partial charge in [-0.25, -0.2) is 9.97 Å². The third-order valence-corrected chi connectivity index (χ3v) is 5.03. The molecule has 4 heterocycles. The number of hydrogen-bond acceptors (Lipinski definition) is 5. The molecule has 1 N–H and O–H groups in total. The number of fused-ring (bicyclic) bond motifs is 3. The second-order valence-electron chi connectivity index (χ2n) is 5.58. The van der Waals surface area contributed by atoms with Gasteiger partial charge in [0.25, 0.3) is 0 Å². The van der Waals surface area contributed by atoms with Crippen molar-refractivity contribution in [3.8, 4) is 0 Å². The Morgan fingerprint density at radius 2 is 2.27 bits per heavy atom. The fraction of sp³-hybridized carbons (Fsp3) is 0.467. The number of ether oxygens (including phenoxy) is 1. The standard InChI is InChI=1S/C15H18N4O2S/c1-18-6-5-10-13(18)12-14(16-8-17-15(12)22-2)19(10)11-4-3-9(7-20)21-11/h5-6,8-9,11,20H,3-4,7H2,1-2H3. The largest absolute Gasteiger partial charge is 0.394 e. The second kappa shape index (κ2) is 5.26. The van der Waals surface area contributed by atoms with Gasteiger partial charge in [0.05, 0.1) is 29.1 Å². The zero-order valence-corrected chi connectivity index (χ0v) is 13.4. The first-order valence-corrected chi connectivity index (χ1v) is 8.57. The molecular formula is C15H18N4O2S. The third-order valence-electron chi connectivity index (χ3n) is 4.34. The Morgan fingerprint density at radius 3 is 3.00 bits per heavy atom. The van der Waals surface area contributed by atoms with Gasteiger partial charge in [-0.3, -0.25) is 4.57 Å². The van der Waals surface area contributed by atoms with Crippen LogP contribution in [-0.2, 0) is 11.8 Å². The highest BCUT2D eigenvalue weighted by Crippen LogP contribution is 2.39. The lowest BCUT2D eigenvalue weighted by atomic mass is 10.2. The highest BCUT2D eigenvalue weighted by atomic mass is 32.2. The molecule has 3 aromatic heterocycles. The average molecular weight is 318 g/mol. The number of aliphatic hydroxyl groups excluding tert-OH is 1. The molecule has 0 aliphatic carbocycles. The maximum absolute atomic E-state index is 9.33. The van der Waals surface area contributed by atoms with Crippen LogP contribution in [0.2, 0.25) is 0 Å². The molecule has 2 atom stereocenters. The molecule has 0 aromatic carbocycles. The number of aryl methyl sites for hydroxylation is 1. The van der Waals surface area contributed by atoms with E-state index in [1.54, 1.807) is 18.1 Å². The Labute approximate surface area is 132 Å². The zero-order valence-electron chi connectivity index (χ0n) is 12.6. The number of aliphatic hydroxyl groups is 1. The van der Waals surface area contributed by atoms with Crippen molar-refractivity contribution in [2.75, 3.05) is 12.9 Å². The molecule has 1 aliphatic rings. The molecule has 0 spiro atoms. The Hall–Kier alpha value is -1.57. The molecule has 0 radical (unpaired) electrons. The van der Waals surface area contributed by atoms with Crippen molar-refractivity contribution in [1.29, 1.82) is 0 Å². The molecule has 0 bridgehead atoms. The molecule has 1 fully saturated rings. The average Bonchev–Trinajstić information content (AvgIpc) is 3.22. The van der Waals surface area contributed by atoms with Gasteiger partial charge in [0.2, 0.25) is 0 Å². The van der Waals surface area contributed by atoms with E-state index in [9.17, 15) is 5.11 Å². The molecule has 0 saturated carbocycles. The molecule has 3 aromatic rings. The SMILES string of the molecule is CSc1ncnc2c1c1c(ccn1C)n2C1CCC(CO)O1. The van der Waals surface area contributed by atoms with E-state index in [1.165, 1.54) is 0 Å². The van der Waals surface area contributed by atoms with Gasteiger partial charge in [-0.05, 0) is 25.2 Å². The molecule has 116 valence electrons. The summed E-state index contributed by atoms with van der Waals surface area (Å²) in [6.07, 6.45) is 7.29. The number of hydrogen-bond donors (Lipinski definition) is 1. The van der Waals surface area contributed by atoms with E-state index in [2.05, 4.69) is 31.4 Å². The van der Waals surface area contributed by atoms with Crippen LogP contribution < -0.4 is 0 Å². The van der Waals surface area contributed by atoms with E-state index in [4.69, 9.17) is 4.74 Å². The summed E-state index contributed by atoms with van der Waals surface area (Å²) in [5, 5.41) is 11.4. The lowest BCUT2D eigenvalue weighted by Crippen LogP contribution is -2.14. The Morgan fingerprint density at radius 1 is 1.41 bits per heavy atom. The van der Waals surface area contributed by atoms with Crippen LogP contribution in [0.25, 0.3) is 22.1 Å². The fourth-order valence-corrected chi connectivity index (χ4v) is 3.88. The lowest BCUT2D eigenvalue weighted by Gasteiger charge is -2.15. The fourth-order valence-electron chi connectivity index (χ4n) is 3.34. The van der Waals surface area contributed by atoms with Gasteiger partial charge in [0.15, 0.2) is 0 Å². The third kappa shape index (κ3) is 1.89. The first-order valence-electron chi connectivity index (χ1n) is 7.34. The molecule has 1 saturated heterocycles. The van der Waals surface area contributed by atoms with Gasteiger partial charge < -0.3 is 14.4 Å². The van der Waals surface area contributed by atoms with Crippen molar-refractivity contribution >= 4 is 33.8 Å². The van der Waals surface area contributed by atoms with Crippen molar-refractivity contribution in [1.82, 2.24) is 19.1 Å². The smallest absolute Gasteiger partial charge is 0.149 e. The molecule has 4 rings (SSSR count). The summed E-state index contributed by atoms with van der Waals surface area (Å²) in [6.45, 7) is 0.0681. The van der Waals surface area contributed by atoms with Crippen LogP contribution >= 0.6 is 11.8 Å². The first kappa shape index (κ1) is 14.0. The Bertz CT molecular complexity index is 841. The first-order chi connectivity index (χ1) is 10.7. The monoisotopic (exact) mass is 318 g/mol. The van der Waals surface area contributed by atoms with Crippen molar-refractivity contribution in [3.05, 3.63) is 18.6 Å². The summed E-state index contributed by atoms with van der Waals surface area (Å²) in [6, 6.07) is 2.09. The predicted molar refractivity (Wildman–Crippen MR) is 86.0 cm³/mol. The highest BCUT2D eigenvalue weighted by molar-refractivity contribution is 7.98. The maximum Gasteiger partial charge on any atom is 0.149 e. The summed E-state index contributed by atoms with van der Waals surface area (Å²) < 4.78 is 10.3. The van der Waals surface area contributed by atoms with Gasteiger partial charge in [0, 0.05) is 13.2 Å². The van der Waals surface area contributed by atoms with Gasteiger partial charge in [-0.1, -0.05) is 0 Å². The molecule has 22 heavy (non-hydrogen) atoms. The summed E-state index contributed by atoms with van der Waals surface area (Å²) in [4.78, 5) is 8.93. The van der Waals surface area contributed by atoms with E-state index in [0.717, 1.165) is 39.9 Å². The maximum atomic E-state index is 9.33. The molecule has 2 unspecified atom stereocenters. The van der Waals surface area contributed by atoms with Crippen molar-refractivity contribution in [3.63, 3.8) is 0 Å². The zero-order chi connectivity index (χ0) is 15.3. The van der Waals surface area contributed by atoms with Gasteiger partial charge in [0.1, 0.15) is 23.2 Å². The minimum atomic E-state index is -0.0805. The summed E-state index contributed by atoms with van der Waals surface area (Å²) in [7, 11) is 2.04. The van der Waals surface area contributed by atoms with Gasteiger partial charge in [-0.2, -0.15) is 0 Å². The van der Waals surface area contributed by atoms with Crippen LogP contribution in [0.1, 0.15) is 19.1 Å². The van der Waals surface area contributed by atoms with E-state index in [-0.39, 0.29) is 18.9 Å². The summed E-state index contributed by atoms with van der Waals surface area (Å²) in [5.41, 5.74) is 3.15. The van der Waals surface area contributed by atoms with E-state index in [1.807, 2.05) is 13.3 Å². The second-order valence-corrected chi connectivity index (χ2v) is 6.38. The number of rotatable bonds is 3. The van der Waals surface area contributed by atoms with Crippen molar-refractivity contribution in [2.24, 2.45) is 7.05 Å². The topological polar surface area (TPSA) is 65.1 Å². The van der Waals surface area contributed by atoms with Crippen LogP contribution in [0.3, 0.4) is 0 Å². The van der Waals surface area contributed by atoms with Crippen molar-refractivity contribution < 1.29 is 9.84 Å². The lowest BCUT2D eigenvalue weighted by molar-refractivity contribution is -0.0185. The minimum Gasteiger partial charge on any atom is -0.394 e. The van der Waals surface area contributed by atoms with Crippen molar-refractivity contribution in [2.45, 2.75) is 30.2 Å². The Balaban J connectivity index is 2.00. The van der Waals surface area contributed by atoms with E-state index < -0.39 is 0 Å². The normalized spacial score (nSPS) is 22.1. The van der Waals surface area contributed by atoms with Crippen LogP contribution in [0.4, 0.5) is 0 Å². The van der Waals surface area contributed by atoms with Crippen LogP contribution in [0, 0.1) is 0 Å². The summed E-state index contributed by atoms with van der Waals surface area (Å²) >= 11 is 1.63. The van der Waals surface area contributed by atoms with Gasteiger partial charge >= 0.3 is 0 Å². The van der Waals surface area contributed by atoms with Gasteiger partial charge in [-0.15, -0.1) is 11.8 Å². The predicted octanol–water partition coefficient (Wildman–Crippen LogP) is 2.31. The van der Waals surface area contributed by atoms with E-state index in [0.29, 0.717) is 0 Å². The van der Waals surface area contributed by atoms with Crippen LogP contribution in [-0.4, -0.2) is 43.2 Å². The molecule has 6 nitrogen and oxygen atoms in total. The highest BCUT2D eigenvalue weighted by Gasteiger charge is 2.30. The molecular weight excluding hydrogens is 300 g/mol. The Kier molecular flexibility index (Phi) is 3.36. The minimum absolute atomic E-state index is 0.0681. The number of nitrogens with zero attached hydrogens (tertiary/aromatic N) is 4. The number of aromatic nitrogens is 4. The van der Waals surface area contributed by atoms with E-state index >= 15 is 0 Å². The molecule has 0 amide bonds. The van der Waals surface area contributed by atoms with Crippen LogP contribution in [0.15, 0.2) is 23.6 Å².